The van der Waals surface area contributed by atoms with Gasteiger partial charge >= 0.3 is 5.91 Å². The van der Waals surface area contributed by atoms with Crippen molar-refractivity contribution in [2.45, 2.75) is 19.9 Å². The number of anilines is 1. The van der Waals surface area contributed by atoms with Gasteiger partial charge in [-0.3, -0.25) is 24.6 Å². The molecule has 0 aliphatic carbocycles. The first-order chi connectivity index (χ1) is 17.2. The van der Waals surface area contributed by atoms with Gasteiger partial charge in [0.15, 0.2) is 5.13 Å². The number of Topliss-reactive ketones (excluding diaryl/α,β-unsaturated/α-hetero) is 1. The lowest BCUT2D eigenvalue weighted by molar-refractivity contribution is -0.384. The van der Waals surface area contributed by atoms with Gasteiger partial charge in [-0.15, -0.1) is 0 Å². The zero-order chi connectivity index (χ0) is 25.7. The highest BCUT2D eigenvalue weighted by Gasteiger charge is 2.48. The van der Waals surface area contributed by atoms with Crippen LogP contribution in [0.25, 0.3) is 16.0 Å². The van der Waals surface area contributed by atoms with E-state index in [0.717, 1.165) is 32.9 Å². The third-order valence-electron chi connectivity index (χ3n) is 5.98. The predicted octanol–water partition coefficient (Wildman–Crippen LogP) is 5.59. The van der Waals surface area contributed by atoms with Crippen LogP contribution in [0.5, 0.6) is 0 Å². The first-order valence-electron chi connectivity index (χ1n) is 10.8. The molecule has 1 aliphatic heterocycles. The van der Waals surface area contributed by atoms with Crippen LogP contribution in [-0.2, 0) is 9.59 Å². The maximum atomic E-state index is 13.5. The smallest absolute Gasteiger partial charge is 0.301 e. The Morgan fingerprint density at radius 1 is 1.11 bits per heavy atom. The molecule has 5 rings (SSSR count). The van der Waals surface area contributed by atoms with Crippen LogP contribution in [0, 0.1) is 29.8 Å². The van der Waals surface area contributed by atoms with Crippen LogP contribution in [0.15, 0.2) is 66.2 Å². The largest absolute Gasteiger partial charge is 0.507 e. The van der Waals surface area contributed by atoms with Gasteiger partial charge in [-0.2, -0.15) is 0 Å². The Morgan fingerprint density at radius 2 is 1.83 bits per heavy atom. The molecule has 1 saturated heterocycles. The van der Waals surface area contributed by atoms with Crippen LogP contribution in [0.3, 0.4) is 0 Å². The van der Waals surface area contributed by atoms with E-state index in [0.29, 0.717) is 5.52 Å². The molecule has 0 saturated carbocycles. The number of aromatic nitrogens is 1. The van der Waals surface area contributed by atoms with Crippen LogP contribution in [0.2, 0.25) is 0 Å². The van der Waals surface area contributed by atoms with Gasteiger partial charge in [-0.1, -0.05) is 29.5 Å². The van der Waals surface area contributed by atoms with Crippen molar-refractivity contribution < 1.29 is 24.0 Å². The molecule has 3 aromatic carbocycles. The topological polar surface area (TPSA) is 114 Å². The number of non-ortho nitro benzene ring substituents is 1. The van der Waals surface area contributed by atoms with Gasteiger partial charge in [0.2, 0.25) is 0 Å². The van der Waals surface area contributed by atoms with E-state index in [-0.39, 0.29) is 27.5 Å². The van der Waals surface area contributed by atoms with Crippen molar-refractivity contribution in [1.29, 1.82) is 0 Å². The minimum atomic E-state index is -1.18. The Hall–Kier alpha value is -4.44. The Morgan fingerprint density at radius 3 is 2.53 bits per heavy atom. The minimum Gasteiger partial charge on any atom is -0.507 e. The highest BCUT2D eigenvalue weighted by atomic mass is 32.1. The van der Waals surface area contributed by atoms with Crippen LogP contribution in [0.1, 0.15) is 28.3 Å². The number of amides is 1. The number of rotatable bonds is 4. The molecule has 0 unspecified atom stereocenters. The summed E-state index contributed by atoms with van der Waals surface area (Å²) >= 11 is 1.20. The summed E-state index contributed by atoms with van der Waals surface area (Å²) in [5, 5.41) is 22.8. The summed E-state index contributed by atoms with van der Waals surface area (Å²) < 4.78 is 14.3. The van der Waals surface area contributed by atoms with Crippen molar-refractivity contribution in [3.8, 4) is 0 Å². The van der Waals surface area contributed by atoms with E-state index in [9.17, 15) is 29.2 Å². The number of ketones is 1. The molecule has 36 heavy (non-hydrogen) atoms. The number of hydrogen-bond donors (Lipinski definition) is 1. The van der Waals surface area contributed by atoms with Gasteiger partial charge in [0, 0.05) is 17.7 Å². The lowest BCUT2D eigenvalue weighted by Crippen LogP contribution is -2.29. The standard InChI is InChI=1S/C26H18FN3O5S/c1-13-10-14(2)21-19(11-13)36-26(28-21)29-22(16-4-3-5-18(12-16)30(34)35)20(24(32)25(29)33)23(31)15-6-8-17(27)9-7-15/h3-12,22,31H,1-2H3/b23-20+/t22-/m1/s1. The summed E-state index contributed by atoms with van der Waals surface area (Å²) in [7, 11) is 0. The highest BCUT2D eigenvalue weighted by molar-refractivity contribution is 7.22. The maximum Gasteiger partial charge on any atom is 0.301 e. The van der Waals surface area contributed by atoms with Gasteiger partial charge in [0.1, 0.15) is 11.6 Å². The molecule has 4 aromatic rings. The van der Waals surface area contributed by atoms with Gasteiger partial charge in [-0.05, 0) is 60.9 Å². The number of carbonyl (C=O) groups is 2. The molecule has 10 heteroatoms. The number of nitro groups is 1. The first-order valence-corrected chi connectivity index (χ1v) is 11.7. The second kappa shape index (κ2) is 8.65. The van der Waals surface area contributed by atoms with Crippen LogP contribution in [0.4, 0.5) is 15.2 Å². The number of nitro benzene ring substituents is 1. The van der Waals surface area contributed by atoms with Gasteiger partial charge in [0.05, 0.1) is 26.8 Å². The summed E-state index contributed by atoms with van der Waals surface area (Å²) in [6, 6.07) is 13.0. The van der Waals surface area contributed by atoms with E-state index in [1.807, 2.05) is 26.0 Å². The fraction of sp³-hybridized carbons (Fsp3) is 0.115. The Bertz CT molecular complexity index is 1610. The molecule has 1 aromatic heterocycles. The molecule has 1 aliphatic rings. The lowest BCUT2D eigenvalue weighted by Gasteiger charge is -2.22. The number of benzene rings is 3. The van der Waals surface area contributed by atoms with E-state index in [2.05, 4.69) is 4.98 Å². The summed E-state index contributed by atoms with van der Waals surface area (Å²) in [6.07, 6.45) is 0. The van der Waals surface area contributed by atoms with Crippen LogP contribution >= 0.6 is 11.3 Å². The molecular formula is C26H18FN3O5S. The predicted molar refractivity (Wildman–Crippen MR) is 133 cm³/mol. The normalized spacial score (nSPS) is 17.2. The number of carbonyl (C=O) groups excluding carboxylic acids is 2. The number of thiazole rings is 1. The van der Waals surface area contributed by atoms with E-state index in [4.69, 9.17) is 0 Å². The molecule has 0 radical (unpaired) electrons. The van der Waals surface area contributed by atoms with Crippen LogP contribution in [-0.4, -0.2) is 26.7 Å². The summed E-state index contributed by atoms with van der Waals surface area (Å²) in [6.45, 7) is 3.82. The molecular weight excluding hydrogens is 485 g/mol. The van der Waals surface area contributed by atoms with Crippen LogP contribution < -0.4 is 4.90 Å². The third-order valence-corrected chi connectivity index (χ3v) is 6.99. The van der Waals surface area contributed by atoms with Crippen molar-refractivity contribution in [1.82, 2.24) is 4.98 Å². The highest BCUT2D eigenvalue weighted by Crippen LogP contribution is 2.45. The number of hydrogen-bond acceptors (Lipinski definition) is 7. The van der Waals surface area contributed by atoms with E-state index in [1.54, 1.807) is 0 Å². The van der Waals surface area contributed by atoms with Crippen molar-refractivity contribution in [2.75, 3.05) is 4.90 Å². The minimum absolute atomic E-state index is 0.126. The quantitative estimate of drug-likeness (QED) is 0.128. The van der Waals surface area contributed by atoms with Crippen molar-refractivity contribution >= 4 is 49.8 Å². The molecule has 1 atom stereocenters. The van der Waals surface area contributed by atoms with E-state index in [1.165, 1.54) is 47.7 Å². The number of halogens is 1. The van der Waals surface area contributed by atoms with Crippen molar-refractivity contribution in [3.05, 3.63) is 104 Å². The Kier molecular flexibility index (Phi) is 5.60. The molecule has 1 amide bonds. The fourth-order valence-electron chi connectivity index (χ4n) is 4.38. The SMILES string of the molecule is Cc1cc(C)c2nc(N3C(=O)C(=O)/C(=C(/O)c4ccc(F)cc4)[C@H]3c3cccc([N+](=O)[O-])c3)sc2c1. The zero-order valence-corrected chi connectivity index (χ0v) is 19.9. The average Bonchev–Trinajstić information content (AvgIpc) is 3.38. The molecule has 180 valence electrons. The third kappa shape index (κ3) is 3.81. The number of aryl methyl sites for hydroxylation is 2. The lowest BCUT2D eigenvalue weighted by atomic mass is 9.95. The molecule has 2 heterocycles. The maximum absolute atomic E-state index is 13.5. The molecule has 0 bridgehead atoms. The van der Waals surface area contributed by atoms with Gasteiger partial charge < -0.3 is 5.11 Å². The second-order valence-electron chi connectivity index (χ2n) is 8.45. The summed E-state index contributed by atoms with van der Waals surface area (Å²) in [4.78, 5) is 43.3. The first kappa shape index (κ1) is 23.3. The van der Waals surface area contributed by atoms with E-state index >= 15 is 0 Å². The average molecular weight is 504 g/mol. The number of fused-ring (bicyclic) bond motifs is 1. The number of aliphatic hydroxyl groups excluding tert-OH is 1. The zero-order valence-electron chi connectivity index (χ0n) is 19.1. The van der Waals surface area contributed by atoms with E-state index < -0.39 is 34.2 Å². The fourth-order valence-corrected chi connectivity index (χ4v) is 5.55. The van der Waals surface area contributed by atoms with Gasteiger partial charge in [-0.25, -0.2) is 9.37 Å². The molecule has 8 nitrogen and oxygen atoms in total. The Balaban J connectivity index is 1.76. The molecule has 1 N–H and O–H groups in total. The molecule has 1 fully saturated rings. The summed E-state index contributed by atoms with van der Waals surface area (Å²) in [5.41, 5.74) is 2.43. The summed E-state index contributed by atoms with van der Waals surface area (Å²) in [5.74, 6) is -2.95. The van der Waals surface area contributed by atoms with Crippen molar-refractivity contribution in [2.24, 2.45) is 0 Å². The number of aliphatic hydroxyl groups is 1. The monoisotopic (exact) mass is 503 g/mol. The van der Waals surface area contributed by atoms with Gasteiger partial charge in [0.25, 0.3) is 11.5 Å². The Labute approximate surface area is 208 Å². The second-order valence-corrected chi connectivity index (χ2v) is 9.46. The number of nitrogens with zero attached hydrogens (tertiary/aromatic N) is 3. The van der Waals surface area contributed by atoms with Crippen molar-refractivity contribution in [3.63, 3.8) is 0 Å². The molecule has 0 spiro atoms.